The number of hydrogen-bond donors (Lipinski definition) is 0. The summed E-state index contributed by atoms with van der Waals surface area (Å²) in [7, 11) is -2.10. The number of likely N-dealkylation sites (tertiary alicyclic amines) is 1. The molecule has 0 spiro atoms. The molecule has 0 unspecified atom stereocenters. The maximum Gasteiger partial charge on any atom is 0.264 e. The van der Waals surface area contributed by atoms with Crippen molar-refractivity contribution in [3.8, 4) is 0 Å². The Balaban J connectivity index is 1.47. The topological polar surface area (TPSA) is 57.7 Å². The van der Waals surface area contributed by atoms with E-state index in [0.29, 0.717) is 17.2 Å². The fourth-order valence-corrected chi connectivity index (χ4v) is 5.98. The van der Waals surface area contributed by atoms with Gasteiger partial charge in [0, 0.05) is 25.7 Å². The highest BCUT2D eigenvalue weighted by Gasteiger charge is 2.33. The van der Waals surface area contributed by atoms with Crippen LogP contribution in [0.15, 0.2) is 53.4 Å². The van der Waals surface area contributed by atoms with Crippen molar-refractivity contribution in [1.82, 2.24) is 4.90 Å². The number of rotatable bonds is 4. The Bertz CT molecular complexity index is 1000. The molecule has 1 amide bonds. The highest BCUT2D eigenvalue weighted by atomic mass is 32.2. The summed E-state index contributed by atoms with van der Waals surface area (Å²) in [6, 6.07) is 13.7. The Hall–Kier alpha value is -2.34. The van der Waals surface area contributed by atoms with Crippen LogP contribution in [0, 0.1) is 18.8 Å². The number of aryl methyl sites for hydroxylation is 1. The first kappa shape index (κ1) is 20.9. The summed E-state index contributed by atoms with van der Waals surface area (Å²) < 4.78 is 27.1. The molecule has 2 aromatic carbocycles. The molecule has 0 aromatic heterocycles. The summed E-state index contributed by atoms with van der Waals surface area (Å²) in [6.07, 6.45) is 6.25. The molecular weight excluding hydrogens is 396 g/mol. The predicted molar refractivity (Wildman–Crippen MR) is 119 cm³/mol. The van der Waals surface area contributed by atoms with Crippen LogP contribution in [0.5, 0.6) is 0 Å². The molecule has 6 heteroatoms. The molecule has 2 aliphatic rings. The molecule has 5 nitrogen and oxygen atoms in total. The van der Waals surface area contributed by atoms with Gasteiger partial charge in [0.1, 0.15) is 0 Å². The first-order valence-electron chi connectivity index (χ1n) is 10.8. The zero-order chi connectivity index (χ0) is 21.3. The van der Waals surface area contributed by atoms with Crippen LogP contribution in [0.1, 0.15) is 48.0 Å². The van der Waals surface area contributed by atoms with E-state index in [1.165, 1.54) is 30.0 Å². The largest absolute Gasteiger partial charge is 0.338 e. The second-order valence-corrected chi connectivity index (χ2v) is 10.6. The molecular formula is C24H30N2O3S. The number of carbonyl (C=O) groups is 1. The maximum atomic E-state index is 13.0. The third kappa shape index (κ3) is 4.10. The highest BCUT2D eigenvalue weighted by molar-refractivity contribution is 7.92. The summed E-state index contributed by atoms with van der Waals surface area (Å²) in [4.78, 5) is 15.2. The molecule has 1 aliphatic heterocycles. The van der Waals surface area contributed by atoms with Crippen molar-refractivity contribution in [2.45, 2.75) is 43.9 Å². The monoisotopic (exact) mass is 426 g/mol. The number of piperidine rings is 1. The van der Waals surface area contributed by atoms with Crippen molar-refractivity contribution in [1.29, 1.82) is 0 Å². The molecule has 2 fully saturated rings. The summed E-state index contributed by atoms with van der Waals surface area (Å²) in [5.41, 5.74) is 2.17. The molecule has 1 aliphatic carbocycles. The maximum absolute atomic E-state index is 13.0. The average molecular weight is 427 g/mol. The summed E-state index contributed by atoms with van der Waals surface area (Å²) in [5.74, 6) is 1.47. The van der Waals surface area contributed by atoms with Crippen LogP contribution < -0.4 is 4.31 Å². The Morgan fingerprint density at radius 1 is 0.933 bits per heavy atom. The van der Waals surface area contributed by atoms with Gasteiger partial charge >= 0.3 is 0 Å². The Labute approximate surface area is 179 Å². The number of carbonyl (C=O) groups excluding carboxylic acids is 1. The van der Waals surface area contributed by atoms with Gasteiger partial charge in [-0.3, -0.25) is 9.10 Å². The molecule has 160 valence electrons. The molecule has 4 rings (SSSR count). The van der Waals surface area contributed by atoms with E-state index in [1.54, 1.807) is 55.6 Å². The minimum Gasteiger partial charge on any atom is -0.338 e. The minimum absolute atomic E-state index is 0.0506. The number of amides is 1. The molecule has 0 bridgehead atoms. The van der Waals surface area contributed by atoms with E-state index in [0.717, 1.165) is 31.0 Å². The molecule has 30 heavy (non-hydrogen) atoms. The summed E-state index contributed by atoms with van der Waals surface area (Å²) in [6.45, 7) is 3.60. The number of benzene rings is 2. The minimum atomic E-state index is -3.64. The Morgan fingerprint density at radius 2 is 1.57 bits per heavy atom. The van der Waals surface area contributed by atoms with Crippen LogP contribution in [0.4, 0.5) is 5.69 Å². The van der Waals surface area contributed by atoms with Gasteiger partial charge in [-0.15, -0.1) is 0 Å². The van der Waals surface area contributed by atoms with Gasteiger partial charge in [-0.25, -0.2) is 8.42 Å². The second kappa shape index (κ2) is 8.42. The van der Waals surface area contributed by atoms with Crippen LogP contribution in [0.3, 0.4) is 0 Å². The van der Waals surface area contributed by atoms with E-state index in [4.69, 9.17) is 0 Å². The van der Waals surface area contributed by atoms with Gasteiger partial charge in [0.25, 0.3) is 15.9 Å². The van der Waals surface area contributed by atoms with Crippen molar-refractivity contribution in [3.05, 3.63) is 59.7 Å². The predicted octanol–water partition coefficient (Wildman–Crippen LogP) is 4.47. The quantitative estimate of drug-likeness (QED) is 0.725. The number of hydrogen-bond acceptors (Lipinski definition) is 3. The molecule has 2 atom stereocenters. The summed E-state index contributed by atoms with van der Waals surface area (Å²) >= 11 is 0. The lowest BCUT2D eigenvalue weighted by atomic mass is 9.75. The molecule has 1 saturated carbocycles. The van der Waals surface area contributed by atoms with E-state index >= 15 is 0 Å². The first-order valence-corrected chi connectivity index (χ1v) is 12.3. The zero-order valence-electron chi connectivity index (χ0n) is 17.8. The lowest BCUT2D eigenvalue weighted by molar-refractivity contribution is 0.0521. The lowest BCUT2D eigenvalue weighted by Gasteiger charge is -2.41. The number of fused-ring (bicyclic) bond motifs is 1. The van der Waals surface area contributed by atoms with Crippen LogP contribution in [-0.4, -0.2) is 39.4 Å². The van der Waals surface area contributed by atoms with Gasteiger partial charge in [0.15, 0.2) is 0 Å². The third-order valence-electron chi connectivity index (χ3n) is 6.74. The molecule has 2 aromatic rings. The number of sulfonamides is 1. The highest BCUT2D eigenvalue weighted by Crippen LogP contribution is 2.36. The standard InChI is InChI=1S/C24H30N2O3S/c1-18-7-13-23(14-8-18)30(28,29)25(2)22-11-9-20(10-12-22)24(27)26-16-15-19-5-3-4-6-21(19)17-26/h7-14,19,21H,3-6,15-17H2,1-2H3/t19-,21+/m0/s1. The zero-order valence-corrected chi connectivity index (χ0v) is 18.6. The van der Waals surface area contributed by atoms with Gasteiger partial charge in [0.2, 0.25) is 0 Å². The van der Waals surface area contributed by atoms with Gasteiger partial charge in [-0.05, 0) is 68.0 Å². The SMILES string of the molecule is Cc1ccc(S(=O)(=O)N(C)c2ccc(C(=O)N3CC[C@@H]4CCCC[C@@H]4C3)cc2)cc1. The van der Waals surface area contributed by atoms with Crippen molar-refractivity contribution < 1.29 is 13.2 Å². The van der Waals surface area contributed by atoms with Crippen LogP contribution in [-0.2, 0) is 10.0 Å². The molecule has 0 radical (unpaired) electrons. The lowest BCUT2D eigenvalue weighted by Crippen LogP contribution is -2.44. The van der Waals surface area contributed by atoms with Gasteiger partial charge < -0.3 is 4.90 Å². The van der Waals surface area contributed by atoms with E-state index in [9.17, 15) is 13.2 Å². The first-order chi connectivity index (χ1) is 14.4. The number of nitrogens with zero attached hydrogens (tertiary/aromatic N) is 2. The molecule has 0 N–H and O–H groups in total. The Kier molecular flexibility index (Phi) is 5.87. The molecule has 1 saturated heterocycles. The van der Waals surface area contributed by atoms with Gasteiger partial charge in [-0.1, -0.05) is 37.0 Å². The van der Waals surface area contributed by atoms with Crippen LogP contribution >= 0.6 is 0 Å². The van der Waals surface area contributed by atoms with Crippen molar-refractivity contribution in [2.75, 3.05) is 24.4 Å². The van der Waals surface area contributed by atoms with E-state index in [1.807, 2.05) is 11.8 Å². The van der Waals surface area contributed by atoms with Crippen molar-refractivity contribution >= 4 is 21.6 Å². The normalized spacial score (nSPS) is 21.7. The van der Waals surface area contributed by atoms with Crippen LogP contribution in [0.2, 0.25) is 0 Å². The number of anilines is 1. The van der Waals surface area contributed by atoms with E-state index in [-0.39, 0.29) is 10.8 Å². The van der Waals surface area contributed by atoms with Gasteiger partial charge in [0.05, 0.1) is 10.6 Å². The van der Waals surface area contributed by atoms with Crippen molar-refractivity contribution in [3.63, 3.8) is 0 Å². The van der Waals surface area contributed by atoms with Crippen LogP contribution in [0.25, 0.3) is 0 Å². The smallest absolute Gasteiger partial charge is 0.264 e. The van der Waals surface area contributed by atoms with E-state index in [2.05, 4.69) is 0 Å². The summed E-state index contributed by atoms with van der Waals surface area (Å²) in [5, 5.41) is 0. The molecule has 1 heterocycles. The fraction of sp³-hybridized carbons (Fsp3) is 0.458. The Morgan fingerprint density at radius 3 is 2.23 bits per heavy atom. The fourth-order valence-electron chi connectivity index (χ4n) is 4.79. The second-order valence-electron chi connectivity index (χ2n) is 8.68. The van der Waals surface area contributed by atoms with Crippen molar-refractivity contribution in [2.24, 2.45) is 11.8 Å². The van der Waals surface area contributed by atoms with Gasteiger partial charge in [-0.2, -0.15) is 0 Å². The third-order valence-corrected chi connectivity index (χ3v) is 8.54. The average Bonchev–Trinajstić information content (AvgIpc) is 2.78. The van der Waals surface area contributed by atoms with E-state index < -0.39 is 10.0 Å².